The highest BCUT2D eigenvalue weighted by Gasteiger charge is 2.61. The summed E-state index contributed by atoms with van der Waals surface area (Å²) in [5, 5.41) is 3.78. The van der Waals surface area contributed by atoms with Gasteiger partial charge in [0.2, 0.25) is 5.91 Å². The van der Waals surface area contributed by atoms with Crippen LogP contribution in [-0.4, -0.2) is 47.7 Å². The summed E-state index contributed by atoms with van der Waals surface area (Å²) in [4.78, 5) is 26.6. The number of carbonyl (C=O) groups is 2. The van der Waals surface area contributed by atoms with Crippen LogP contribution in [0.2, 0.25) is 5.02 Å². The number of benzene rings is 1. The van der Waals surface area contributed by atoms with E-state index in [0.717, 1.165) is 11.3 Å². The molecule has 1 saturated carbocycles. The molecule has 0 spiro atoms. The molecule has 0 bridgehead atoms. The van der Waals surface area contributed by atoms with Crippen LogP contribution < -0.4 is 10.1 Å². The van der Waals surface area contributed by atoms with E-state index in [1.807, 2.05) is 53.7 Å². The topological polar surface area (TPSA) is 67.9 Å². The summed E-state index contributed by atoms with van der Waals surface area (Å²) >= 11 is 5.98. The van der Waals surface area contributed by atoms with Gasteiger partial charge in [0.25, 0.3) is 0 Å². The van der Waals surface area contributed by atoms with Gasteiger partial charge in [0.05, 0.1) is 5.54 Å². The Bertz CT molecular complexity index is 790. The summed E-state index contributed by atoms with van der Waals surface area (Å²) in [5.41, 5.74) is -0.0588. The molecule has 1 aliphatic heterocycles. The average Bonchev–Trinajstić information content (AvgIpc) is 3.06. The fourth-order valence-electron chi connectivity index (χ4n) is 3.88. The van der Waals surface area contributed by atoms with Gasteiger partial charge in [-0.05, 0) is 77.1 Å². The molecule has 1 N–H and O–H groups in total. The second kappa shape index (κ2) is 7.71. The third-order valence-electron chi connectivity index (χ3n) is 5.34. The Morgan fingerprint density at radius 1 is 1.17 bits per heavy atom. The third kappa shape index (κ3) is 5.35. The van der Waals surface area contributed by atoms with Crippen LogP contribution in [0.1, 0.15) is 40.2 Å². The summed E-state index contributed by atoms with van der Waals surface area (Å²) in [6.45, 7) is 12.9. The summed E-state index contributed by atoms with van der Waals surface area (Å²) in [5.74, 6) is 1.19. The molecule has 1 aliphatic carbocycles. The summed E-state index contributed by atoms with van der Waals surface area (Å²) in [6.07, 6.45) is -0.295. The minimum absolute atomic E-state index is 0.0327. The standard InChI is InChI=1S/C22H31ClN2O4/c1-13-9-14(23)7-8-17(13)28-12-22(5,6)24-19(26)18-15-10-25(11-16(15)18)20(27)29-21(2,3)4/h7-9,15-16,18H,10-12H2,1-6H3,(H,24,26)/t15-,16+,18?. The van der Waals surface area contributed by atoms with E-state index in [1.165, 1.54) is 0 Å². The molecular formula is C22H31ClN2O4. The third-order valence-corrected chi connectivity index (χ3v) is 5.57. The number of halogens is 1. The first kappa shape index (κ1) is 21.8. The highest BCUT2D eigenvalue weighted by Crippen LogP contribution is 2.52. The van der Waals surface area contributed by atoms with Crippen molar-refractivity contribution in [2.24, 2.45) is 17.8 Å². The minimum Gasteiger partial charge on any atom is -0.491 e. The lowest BCUT2D eigenvalue weighted by Crippen LogP contribution is -2.49. The number of ether oxygens (including phenoxy) is 2. The number of carbonyl (C=O) groups excluding carboxylic acids is 2. The lowest BCUT2D eigenvalue weighted by atomic mass is 10.1. The van der Waals surface area contributed by atoms with Crippen molar-refractivity contribution in [3.05, 3.63) is 28.8 Å². The SMILES string of the molecule is Cc1cc(Cl)ccc1OCC(C)(C)NC(=O)C1[C@H]2CN(C(=O)OC(C)(C)C)C[C@@H]12. The maximum atomic E-state index is 12.7. The van der Waals surface area contributed by atoms with Crippen LogP contribution in [0.15, 0.2) is 18.2 Å². The number of amides is 2. The molecule has 160 valence electrons. The van der Waals surface area contributed by atoms with Gasteiger partial charge < -0.3 is 19.7 Å². The van der Waals surface area contributed by atoms with Crippen molar-refractivity contribution in [2.75, 3.05) is 19.7 Å². The molecule has 6 nitrogen and oxygen atoms in total. The zero-order valence-corrected chi connectivity index (χ0v) is 18.8. The van der Waals surface area contributed by atoms with E-state index < -0.39 is 11.1 Å². The number of nitrogens with one attached hydrogen (secondary N) is 1. The van der Waals surface area contributed by atoms with Crippen molar-refractivity contribution in [3.8, 4) is 5.75 Å². The lowest BCUT2D eigenvalue weighted by molar-refractivity contribution is -0.125. The number of likely N-dealkylation sites (tertiary alicyclic amines) is 1. The van der Waals surface area contributed by atoms with E-state index >= 15 is 0 Å². The van der Waals surface area contributed by atoms with Crippen LogP contribution in [-0.2, 0) is 9.53 Å². The molecule has 0 radical (unpaired) electrons. The van der Waals surface area contributed by atoms with Crippen LogP contribution in [0.3, 0.4) is 0 Å². The normalized spacial score (nSPS) is 23.4. The molecule has 2 amide bonds. The van der Waals surface area contributed by atoms with Gasteiger partial charge in [0.15, 0.2) is 0 Å². The highest BCUT2D eigenvalue weighted by molar-refractivity contribution is 6.30. The number of piperidine rings is 1. The molecule has 7 heteroatoms. The van der Waals surface area contributed by atoms with Crippen molar-refractivity contribution in [1.29, 1.82) is 0 Å². The van der Waals surface area contributed by atoms with Gasteiger partial charge in [-0.1, -0.05) is 11.6 Å². The monoisotopic (exact) mass is 422 g/mol. The first-order chi connectivity index (χ1) is 13.4. The molecule has 2 fully saturated rings. The van der Waals surface area contributed by atoms with E-state index in [1.54, 1.807) is 11.0 Å². The number of fused-ring (bicyclic) bond motifs is 1. The van der Waals surface area contributed by atoms with Crippen LogP contribution in [0.5, 0.6) is 5.75 Å². The quantitative estimate of drug-likeness (QED) is 0.777. The van der Waals surface area contributed by atoms with Gasteiger partial charge in [-0.2, -0.15) is 0 Å². The Labute approximate surface area is 177 Å². The lowest BCUT2D eigenvalue weighted by Gasteiger charge is -2.28. The predicted molar refractivity (Wildman–Crippen MR) is 112 cm³/mol. The maximum Gasteiger partial charge on any atom is 0.410 e. The Balaban J connectivity index is 1.47. The van der Waals surface area contributed by atoms with E-state index in [2.05, 4.69) is 5.32 Å². The number of rotatable bonds is 5. The summed E-state index contributed by atoms with van der Waals surface area (Å²) in [7, 11) is 0. The Hall–Kier alpha value is -1.95. The molecule has 2 aliphatic rings. The largest absolute Gasteiger partial charge is 0.491 e. The van der Waals surface area contributed by atoms with Crippen LogP contribution in [0.25, 0.3) is 0 Å². The van der Waals surface area contributed by atoms with E-state index in [9.17, 15) is 9.59 Å². The molecular weight excluding hydrogens is 392 g/mol. The maximum absolute atomic E-state index is 12.7. The van der Waals surface area contributed by atoms with E-state index in [0.29, 0.717) is 24.7 Å². The van der Waals surface area contributed by atoms with Crippen molar-refractivity contribution >= 4 is 23.6 Å². The second-order valence-corrected chi connectivity index (χ2v) is 10.2. The summed E-state index contributed by atoms with van der Waals surface area (Å²) in [6, 6.07) is 5.48. The summed E-state index contributed by atoms with van der Waals surface area (Å²) < 4.78 is 11.3. The zero-order chi connectivity index (χ0) is 21.6. The van der Waals surface area contributed by atoms with Crippen LogP contribution in [0.4, 0.5) is 4.79 Å². The number of nitrogens with zero attached hydrogens (tertiary/aromatic N) is 1. The smallest absolute Gasteiger partial charge is 0.410 e. The molecule has 1 aromatic rings. The molecule has 1 aromatic carbocycles. The number of aryl methyl sites for hydroxylation is 1. The second-order valence-electron chi connectivity index (χ2n) is 9.81. The van der Waals surface area contributed by atoms with E-state index in [-0.39, 0.29) is 29.8 Å². The van der Waals surface area contributed by atoms with Crippen LogP contribution >= 0.6 is 11.6 Å². The molecule has 3 rings (SSSR count). The average molecular weight is 423 g/mol. The fourth-order valence-corrected chi connectivity index (χ4v) is 4.10. The van der Waals surface area contributed by atoms with Gasteiger partial charge in [-0.25, -0.2) is 4.79 Å². The Kier molecular flexibility index (Phi) is 5.78. The van der Waals surface area contributed by atoms with Gasteiger partial charge in [-0.3, -0.25) is 4.79 Å². The molecule has 1 saturated heterocycles. The van der Waals surface area contributed by atoms with Crippen molar-refractivity contribution in [2.45, 2.75) is 52.7 Å². The predicted octanol–water partition coefficient (Wildman–Crippen LogP) is 4.03. The molecule has 3 atom stereocenters. The highest BCUT2D eigenvalue weighted by atomic mass is 35.5. The van der Waals surface area contributed by atoms with Crippen molar-refractivity contribution in [1.82, 2.24) is 10.2 Å². The zero-order valence-electron chi connectivity index (χ0n) is 18.0. The minimum atomic E-state index is -0.509. The van der Waals surface area contributed by atoms with Gasteiger partial charge in [0.1, 0.15) is 18.0 Å². The Morgan fingerprint density at radius 2 is 1.79 bits per heavy atom. The van der Waals surface area contributed by atoms with Gasteiger partial charge in [-0.15, -0.1) is 0 Å². The van der Waals surface area contributed by atoms with Crippen LogP contribution in [0, 0.1) is 24.7 Å². The van der Waals surface area contributed by atoms with Crippen molar-refractivity contribution < 1.29 is 19.1 Å². The Morgan fingerprint density at radius 3 is 2.34 bits per heavy atom. The molecule has 1 unspecified atom stereocenters. The van der Waals surface area contributed by atoms with Gasteiger partial charge in [0, 0.05) is 24.0 Å². The molecule has 29 heavy (non-hydrogen) atoms. The number of hydrogen-bond donors (Lipinski definition) is 1. The first-order valence-corrected chi connectivity index (χ1v) is 10.4. The van der Waals surface area contributed by atoms with Crippen molar-refractivity contribution in [3.63, 3.8) is 0 Å². The molecule has 0 aromatic heterocycles. The van der Waals surface area contributed by atoms with Gasteiger partial charge >= 0.3 is 6.09 Å². The van der Waals surface area contributed by atoms with E-state index in [4.69, 9.17) is 21.1 Å². The number of hydrogen-bond acceptors (Lipinski definition) is 4. The molecule has 1 heterocycles. The fraction of sp³-hybridized carbons (Fsp3) is 0.636. The first-order valence-electron chi connectivity index (χ1n) is 10.1.